The Morgan fingerprint density at radius 3 is 2.52 bits per heavy atom. The van der Waals surface area contributed by atoms with Crippen LogP contribution in [0.5, 0.6) is 11.5 Å². The number of hydrogen-bond donors (Lipinski definition) is 1. The summed E-state index contributed by atoms with van der Waals surface area (Å²) >= 11 is 0. The molecule has 0 aliphatic carbocycles. The highest BCUT2D eigenvalue weighted by atomic mass is 16.5. The van der Waals surface area contributed by atoms with Crippen LogP contribution in [0.3, 0.4) is 0 Å². The monoisotopic (exact) mass is 421 g/mol. The number of ether oxygens (including phenoxy) is 2. The maximum absolute atomic E-state index is 11.8. The van der Waals surface area contributed by atoms with Crippen molar-refractivity contribution in [1.82, 2.24) is 0 Å². The average molecular weight is 422 g/mol. The van der Waals surface area contributed by atoms with Gasteiger partial charge in [0.25, 0.3) is 0 Å². The predicted octanol–water partition coefficient (Wildman–Crippen LogP) is 4.94. The Morgan fingerprint density at radius 2 is 1.87 bits per heavy atom. The Labute approximate surface area is 184 Å². The van der Waals surface area contributed by atoms with E-state index in [1.165, 1.54) is 5.56 Å². The van der Waals surface area contributed by atoms with Crippen molar-refractivity contribution in [3.05, 3.63) is 58.1 Å². The van der Waals surface area contributed by atoms with Gasteiger partial charge < -0.3 is 14.6 Å². The molecule has 0 spiro atoms. The van der Waals surface area contributed by atoms with Gasteiger partial charge in [-0.3, -0.25) is 9.79 Å². The second-order valence-electron chi connectivity index (χ2n) is 10.4. The van der Waals surface area contributed by atoms with Crippen LogP contribution in [0.15, 0.2) is 35.3 Å². The molecule has 0 unspecified atom stereocenters. The van der Waals surface area contributed by atoms with Gasteiger partial charge in [0.05, 0.1) is 23.8 Å². The molecule has 0 atom stereocenters. The molecule has 2 aliphatic rings. The van der Waals surface area contributed by atoms with E-state index in [9.17, 15) is 9.90 Å². The number of hydrogen-bond acceptors (Lipinski definition) is 4. The summed E-state index contributed by atoms with van der Waals surface area (Å²) in [6.07, 6.45) is 1.57. The molecule has 2 aromatic carbocycles. The first-order valence-electron chi connectivity index (χ1n) is 10.7. The summed E-state index contributed by atoms with van der Waals surface area (Å²) in [6.45, 7) is 11.9. The van der Waals surface area contributed by atoms with Gasteiger partial charge in [-0.15, -0.1) is 0 Å². The Hall–Kier alpha value is -2.82. The van der Waals surface area contributed by atoms with Crippen LogP contribution in [-0.4, -0.2) is 35.0 Å². The number of fused-ring (bicyclic) bond motifs is 3. The van der Waals surface area contributed by atoms with Gasteiger partial charge >= 0.3 is 5.97 Å². The smallest absolute Gasteiger partial charge is 0.313 e. The highest BCUT2D eigenvalue weighted by Gasteiger charge is 2.40. The van der Waals surface area contributed by atoms with E-state index in [2.05, 4.69) is 33.8 Å². The zero-order valence-corrected chi connectivity index (χ0v) is 19.4. The maximum atomic E-state index is 11.8. The van der Waals surface area contributed by atoms with Gasteiger partial charge in [0.2, 0.25) is 0 Å². The standard InChI is InChI=1S/C26H31NO4/c1-24(2)13-16-12-19(30-7)22-18(14-25(3,4)31-22)20(16)21(27-24)15-9-8-10-17(11-15)26(5,6)23(28)29/h8-12H,13-14H2,1-7H3,(H,28,29). The highest BCUT2D eigenvalue weighted by molar-refractivity contribution is 6.16. The molecule has 0 radical (unpaired) electrons. The third-order valence-electron chi connectivity index (χ3n) is 6.29. The van der Waals surface area contributed by atoms with Crippen molar-refractivity contribution < 1.29 is 19.4 Å². The van der Waals surface area contributed by atoms with Crippen LogP contribution in [0, 0.1) is 0 Å². The van der Waals surface area contributed by atoms with Crippen LogP contribution in [0.2, 0.25) is 0 Å². The van der Waals surface area contributed by atoms with Crippen molar-refractivity contribution in [3.8, 4) is 11.5 Å². The minimum atomic E-state index is -0.990. The molecular formula is C26H31NO4. The van der Waals surface area contributed by atoms with Crippen LogP contribution in [0.4, 0.5) is 0 Å². The first-order chi connectivity index (χ1) is 14.3. The third kappa shape index (κ3) is 3.60. The summed E-state index contributed by atoms with van der Waals surface area (Å²) in [5.41, 5.74) is 4.40. The topological polar surface area (TPSA) is 68.1 Å². The van der Waals surface area contributed by atoms with E-state index in [1.807, 2.05) is 24.3 Å². The van der Waals surface area contributed by atoms with Gasteiger partial charge in [-0.05, 0) is 71.2 Å². The van der Waals surface area contributed by atoms with Gasteiger partial charge in [-0.1, -0.05) is 18.2 Å². The lowest BCUT2D eigenvalue weighted by atomic mass is 9.79. The van der Waals surface area contributed by atoms with Crippen molar-refractivity contribution in [2.45, 2.75) is 70.9 Å². The molecule has 0 saturated carbocycles. The number of carboxylic acids is 1. The lowest BCUT2D eigenvalue weighted by Gasteiger charge is -2.31. The molecule has 0 amide bonds. The molecule has 2 heterocycles. The van der Waals surface area contributed by atoms with Gasteiger partial charge in [0.1, 0.15) is 5.60 Å². The second kappa shape index (κ2) is 6.84. The van der Waals surface area contributed by atoms with E-state index in [0.717, 1.165) is 52.3 Å². The van der Waals surface area contributed by atoms with E-state index in [4.69, 9.17) is 14.5 Å². The number of methoxy groups -OCH3 is 1. The zero-order valence-electron chi connectivity index (χ0n) is 19.4. The van der Waals surface area contributed by atoms with E-state index in [0.29, 0.717) is 0 Å². The summed E-state index contributed by atoms with van der Waals surface area (Å²) in [6, 6.07) is 9.86. The fraction of sp³-hybridized carbons (Fsp3) is 0.462. The molecule has 4 rings (SSSR count). The predicted molar refractivity (Wildman–Crippen MR) is 122 cm³/mol. The molecule has 1 N–H and O–H groups in total. The van der Waals surface area contributed by atoms with Gasteiger partial charge in [0, 0.05) is 23.1 Å². The first-order valence-corrected chi connectivity index (χ1v) is 10.7. The van der Waals surface area contributed by atoms with Crippen LogP contribution >= 0.6 is 0 Å². The maximum Gasteiger partial charge on any atom is 0.313 e. The lowest BCUT2D eigenvalue weighted by Crippen LogP contribution is -2.31. The third-order valence-corrected chi connectivity index (χ3v) is 6.29. The van der Waals surface area contributed by atoms with Crippen LogP contribution in [-0.2, 0) is 23.1 Å². The normalized spacial score (nSPS) is 18.5. The molecule has 2 aromatic rings. The molecule has 31 heavy (non-hydrogen) atoms. The average Bonchev–Trinajstić information content (AvgIpc) is 3.00. The molecule has 0 fully saturated rings. The van der Waals surface area contributed by atoms with Crippen molar-refractivity contribution in [2.75, 3.05) is 7.11 Å². The molecule has 0 bridgehead atoms. The molecule has 2 aliphatic heterocycles. The highest BCUT2D eigenvalue weighted by Crippen LogP contribution is 2.48. The summed E-state index contributed by atoms with van der Waals surface area (Å²) in [7, 11) is 1.68. The minimum absolute atomic E-state index is 0.283. The van der Waals surface area contributed by atoms with E-state index in [-0.39, 0.29) is 11.1 Å². The second-order valence-corrected chi connectivity index (χ2v) is 10.4. The van der Waals surface area contributed by atoms with E-state index >= 15 is 0 Å². The van der Waals surface area contributed by atoms with E-state index < -0.39 is 11.4 Å². The molecule has 5 nitrogen and oxygen atoms in total. The fourth-order valence-corrected chi connectivity index (χ4v) is 4.61. The molecule has 164 valence electrons. The SMILES string of the molecule is COc1cc2c(c3c1OC(C)(C)C3)C(c1cccc(C(C)(C)C(=O)O)c1)=NC(C)(C)C2. The number of aliphatic imine (C=N–C) groups is 1. The van der Waals surface area contributed by atoms with Crippen molar-refractivity contribution in [3.63, 3.8) is 0 Å². The number of nitrogens with zero attached hydrogens (tertiary/aromatic N) is 1. The van der Waals surface area contributed by atoms with Crippen molar-refractivity contribution in [1.29, 1.82) is 0 Å². The van der Waals surface area contributed by atoms with E-state index in [1.54, 1.807) is 21.0 Å². The van der Waals surface area contributed by atoms with Crippen molar-refractivity contribution in [2.24, 2.45) is 4.99 Å². The zero-order chi connectivity index (χ0) is 22.8. The summed E-state index contributed by atoms with van der Waals surface area (Å²) in [5, 5.41) is 9.72. The van der Waals surface area contributed by atoms with Crippen LogP contribution < -0.4 is 9.47 Å². The number of rotatable bonds is 4. The van der Waals surface area contributed by atoms with Crippen LogP contribution in [0.1, 0.15) is 69.4 Å². The van der Waals surface area contributed by atoms with Gasteiger partial charge in [0.15, 0.2) is 11.5 Å². The summed E-state index contributed by atoms with van der Waals surface area (Å²) in [5.74, 6) is 0.703. The lowest BCUT2D eigenvalue weighted by molar-refractivity contribution is -0.142. The Kier molecular flexibility index (Phi) is 4.73. The number of benzene rings is 2. The molecule has 5 heteroatoms. The van der Waals surface area contributed by atoms with Gasteiger partial charge in [-0.25, -0.2) is 0 Å². The Morgan fingerprint density at radius 1 is 1.16 bits per heavy atom. The fourth-order valence-electron chi connectivity index (χ4n) is 4.61. The quantitative estimate of drug-likeness (QED) is 0.759. The molecule has 0 saturated heterocycles. The number of aliphatic carboxylic acids is 1. The van der Waals surface area contributed by atoms with Crippen LogP contribution in [0.25, 0.3) is 0 Å². The first kappa shape index (κ1) is 21.4. The minimum Gasteiger partial charge on any atom is -0.493 e. The van der Waals surface area contributed by atoms with Gasteiger partial charge in [-0.2, -0.15) is 0 Å². The summed E-state index contributed by atoms with van der Waals surface area (Å²) in [4.78, 5) is 17.0. The molecular weight excluding hydrogens is 390 g/mol. The number of carboxylic acid groups (broad SMARTS) is 1. The summed E-state index contributed by atoms with van der Waals surface area (Å²) < 4.78 is 12.0. The van der Waals surface area contributed by atoms with Crippen molar-refractivity contribution >= 4 is 11.7 Å². The molecule has 0 aromatic heterocycles. The number of carbonyl (C=O) groups is 1. The largest absolute Gasteiger partial charge is 0.493 e. The Balaban J connectivity index is 1.95. The Bertz CT molecular complexity index is 1110.